The first kappa shape index (κ1) is 31.1. The largest absolute Gasteiger partial charge is 0.488 e. The average molecular weight is 625 g/mol. The van der Waals surface area contributed by atoms with Gasteiger partial charge in [-0.15, -0.1) is 0 Å². The van der Waals surface area contributed by atoms with Crippen LogP contribution in [0.2, 0.25) is 0 Å². The number of anilines is 2. The van der Waals surface area contributed by atoms with E-state index in [0.29, 0.717) is 34.2 Å². The van der Waals surface area contributed by atoms with Crippen LogP contribution in [0.3, 0.4) is 0 Å². The maximum absolute atomic E-state index is 13.5. The van der Waals surface area contributed by atoms with Crippen LogP contribution >= 0.6 is 0 Å². The maximum Gasteiger partial charge on any atom is 0.323 e. The maximum atomic E-state index is 13.5. The summed E-state index contributed by atoms with van der Waals surface area (Å²) < 4.78 is 45.0. The number of likely N-dealkylation sites (N-methyl/N-ethyl adjacent to an activating group) is 1. The van der Waals surface area contributed by atoms with E-state index >= 15 is 0 Å². The average Bonchev–Trinajstić information content (AvgIpc) is 3.49. The van der Waals surface area contributed by atoms with Crippen LogP contribution in [-0.4, -0.2) is 80.4 Å². The quantitative estimate of drug-likeness (QED) is 0.345. The predicted octanol–water partition coefficient (Wildman–Crippen LogP) is 3.53. The molecule has 234 valence electrons. The first-order chi connectivity index (χ1) is 21.0. The van der Waals surface area contributed by atoms with Gasteiger partial charge in [-0.3, -0.25) is 4.79 Å². The molecule has 44 heavy (non-hydrogen) atoms. The highest BCUT2D eigenvalue weighted by Crippen LogP contribution is 2.34. The number of nitrogens with one attached hydrogen (secondary N) is 2. The Kier molecular flexibility index (Phi) is 9.28. The Bertz CT molecular complexity index is 1620. The summed E-state index contributed by atoms with van der Waals surface area (Å²) in [5.74, 6) is 1.01. The molecule has 0 saturated carbocycles. The summed E-state index contributed by atoms with van der Waals surface area (Å²) in [7, 11) is -2.30. The van der Waals surface area contributed by atoms with Crippen molar-refractivity contribution in [3.8, 4) is 17.2 Å². The lowest BCUT2D eigenvalue weighted by Gasteiger charge is -2.33. The minimum atomic E-state index is -3.80. The third kappa shape index (κ3) is 6.90. The standard InChI is InChI=1S/C31H36N4O8S/c1-20-16-35(21(2)18-36)30(37)14-22-13-23(32-31(38)33-24-10-12-27-28(15-24)42-19-41-27)9-11-26(22)43-29(20)17-34(3)44(39,40)25-7-5-4-6-8-25/h4-13,15,20-21,29,36H,14,16-19H2,1-3H3,(H2,32,33,38)/t20-,21-,29+/m0/s1. The lowest BCUT2D eigenvalue weighted by atomic mass is 10.0. The van der Waals surface area contributed by atoms with E-state index in [1.165, 1.54) is 23.5 Å². The molecule has 0 fully saturated rings. The second kappa shape index (κ2) is 13.1. The molecular formula is C31H36N4O8S. The van der Waals surface area contributed by atoms with Crippen molar-refractivity contribution in [1.29, 1.82) is 0 Å². The molecule has 3 N–H and O–H groups in total. The van der Waals surface area contributed by atoms with Gasteiger partial charge in [-0.2, -0.15) is 4.31 Å². The van der Waals surface area contributed by atoms with Crippen LogP contribution in [-0.2, 0) is 21.2 Å². The SMILES string of the molecule is C[C@H]1CN([C@@H](C)CO)C(=O)Cc2cc(NC(=O)Nc3ccc4c(c3)OCO4)ccc2O[C@@H]1CN(C)S(=O)(=O)c1ccccc1. The van der Waals surface area contributed by atoms with Crippen molar-refractivity contribution >= 4 is 33.3 Å². The molecule has 0 spiro atoms. The van der Waals surface area contributed by atoms with Gasteiger partial charge < -0.3 is 34.9 Å². The van der Waals surface area contributed by atoms with Crippen molar-refractivity contribution in [2.75, 3.05) is 44.2 Å². The minimum Gasteiger partial charge on any atom is -0.488 e. The number of hydrogen-bond donors (Lipinski definition) is 3. The van der Waals surface area contributed by atoms with Crippen molar-refractivity contribution < 1.29 is 37.3 Å². The van der Waals surface area contributed by atoms with E-state index in [2.05, 4.69) is 10.6 Å². The summed E-state index contributed by atoms with van der Waals surface area (Å²) in [4.78, 5) is 28.1. The topological polar surface area (TPSA) is 147 Å². The highest BCUT2D eigenvalue weighted by molar-refractivity contribution is 7.89. The Morgan fingerprint density at radius 1 is 1.02 bits per heavy atom. The summed E-state index contributed by atoms with van der Waals surface area (Å²) >= 11 is 0. The highest BCUT2D eigenvalue weighted by Gasteiger charge is 2.33. The number of aliphatic hydroxyl groups excluding tert-OH is 1. The van der Waals surface area contributed by atoms with Crippen LogP contribution in [0.15, 0.2) is 71.6 Å². The van der Waals surface area contributed by atoms with Gasteiger partial charge in [0.05, 0.1) is 30.5 Å². The van der Waals surface area contributed by atoms with E-state index < -0.39 is 28.2 Å². The molecule has 0 radical (unpaired) electrons. The summed E-state index contributed by atoms with van der Waals surface area (Å²) in [5.41, 5.74) is 1.44. The number of aliphatic hydroxyl groups is 1. The normalized spacial score (nSPS) is 18.8. The molecule has 3 aromatic carbocycles. The summed E-state index contributed by atoms with van der Waals surface area (Å²) in [6.07, 6.45) is -0.680. The first-order valence-corrected chi connectivity index (χ1v) is 15.7. The lowest BCUT2D eigenvalue weighted by Crippen LogP contribution is -2.48. The van der Waals surface area contributed by atoms with Gasteiger partial charge in [0.15, 0.2) is 11.5 Å². The van der Waals surface area contributed by atoms with Gasteiger partial charge in [-0.1, -0.05) is 25.1 Å². The van der Waals surface area contributed by atoms with Crippen LogP contribution in [0.25, 0.3) is 0 Å². The molecule has 2 aliphatic rings. The fourth-order valence-electron chi connectivity index (χ4n) is 5.12. The molecule has 3 atom stereocenters. The monoisotopic (exact) mass is 624 g/mol. The molecule has 3 aromatic rings. The zero-order chi connectivity index (χ0) is 31.4. The number of rotatable bonds is 8. The van der Waals surface area contributed by atoms with Gasteiger partial charge in [0, 0.05) is 42.5 Å². The Hall–Kier alpha value is -4.33. The van der Waals surface area contributed by atoms with Crippen molar-refractivity contribution in [3.05, 3.63) is 72.3 Å². The van der Waals surface area contributed by atoms with Gasteiger partial charge in [0.25, 0.3) is 0 Å². The van der Waals surface area contributed by atoms with E-state index in [1.54, 1.807) is 66.4 Å². The Balaban J connectivity index is 1.39. The van der Waals surface area contributed by atoms with Crippen LogP contribution in [0.1, 0.15) is 19.4 Å². The summed E-state index contributed by atoms with van der Waals surface area (Å²) in [6, 6.07) is 17.2. The number of nitrogens with zero attached hydrogens (tertiary/aromatic N) is 2. The number of urea groups is 1. The number of fused-ring (bicyclic) bond motifs is 2. The molecule has 0 unspecified atom stereocenters. The lowest BCUT2D eigenvalue weighted by molar-refractivity contribution is -0.134. The molecule has 2 heterocycles. The molecule has 0 saturated heterocycles. The van der Waals surface area contributed by atoms with Gasteiger partial charge >= 0.3 is 6.03 Å². The summed E-state index contributed by atoms with van der Waals surface area (Å²) in [6.45, 7) is 3.80. The smallest absolute Gasteiger partial charge is 0.323 e. The number of benzene rings is 3. The minimum absolute atomic E-state index is 0.0192. The first-order valence-electron chi connectivity index (χ1n) is 14.2. The van der Waals surface area contributed by atoms with E-state index in [0.717, 1.165) is 0 Å². The zero-order valence-corrected chi connectivity index (χ0v) is 25.5. The molecule has 12 nitrogen and oxygen atoms in total. The molecule has 3 amide bonds. The van der Waals surface area contributed by atoms with E-state index in [-0.39, 0.29) is 49.6 Å². The van der Waals surface area contributed by atoms with Crippen molar-refractivity contribution in [2.45, 2.75) is 37.3 Å². The molecule has 2 aliphatic heterocycles. The van der Waals surface area contributed by atoms with E-state index in [4.69, 9.17) is 14.2 Å². The Morgan fingerprint density at radius 3 is 2.39 bits per heavy atom. The number of carbonyl (C=O) groups is 2. The fourth-order valence-corrected chi connectivity index (χ4v) is 6.32. The molecule has 0 bridgehead atoms. The second-order valence-corrected chi connectivity index (χ2v) is 13.0. The Morgan fingerprint density at radius 2 is 1.68 bits per heavy atom. The second-order valence-electron chi connectivity index (χ2n) is 11.0. The van der Waals surface area contributed by atoms with Crippen LogP contribution in [0.5, 0.6) is 17.2 Å². The molecule has 13 heteroatoms. The molecule has 5 rings (SSSR count). The van der Waals surface area contributed by atoms with Crippen LogP contribution in [0, 0.1) is 5.92 Å². The van der Waals surface area contributed by atoms with E-state index in [9.17, 15) is 23.1 Å². The third-order valence-corrected chi connectivity index (χ3v) is 9.53. The van der Waals surface area contributed by atoms with E-state index in [1.807, 2.05) is 6.92 Å². The third-order valence-electron chi connectivity index (χ3n) is 7.69. The molecular weight excluding hydrogens is 588 g/mol. The number of amides is 3. The van der Waals surface area contributed by atoms with Crippen molar-refractivity contribution in [1.82, 2.24) is 9.21 Å². The van der Waals surface area contributed by atoms with Gasteiger partial charge in [-0.25, -0.2) is 13.2 Å². The molecule has 0 aliphatic carbocycles. The van der Waals surface area contributed by atoms with Gasteiger partial charge in [0.1, 0.15) is 11.9 Å². The number of ether oxygens (including phenoxy) is 3. The van der Waals surface area contributed by atoms with Crippen molar-refractivity contribution in [3.63, 3.8) is 0 Å². The van der Waals surface area contributed by atoms with Gasteiger partial charge in [0.2, 0.25) is 22.7 Å². The number of hydrogen-bond acceptors (Lipinski definition) is 8. The zero-order valence-electron chi connectivity index (χ0n) is 24.7. The predicted molar refractivity (Wildman–Crippen MR) is 163 cm³/mol. The highest BCUT2D eigenvalue weighted by atomic mass is 32.2. The molecule has 0 aromatic heterocycles. The number of carbonyl (C=O) groups excluding carboxylic acids is 2. The fraction of sp³-hybridized carbons (Fsp3) is 0.355. The summed E-state index contributed by atoms with van der Waals surface area (Å²) in [5, 5.41) is 15.4. The Labute approximate surface area is 256 Å². The van der Waals surface area contributed by atoms with Crippen LogP contribution < -0.4 is 24.8 Å². The number of sulfonamides is 1. The van der Waals surface area contributed by atoms with Crippen LogP contribution in [0.4, 0.5) is 16.2 Å². The van der Waals surface area contributed by atoms with Gasteiger partial charge in [-0.05, 0) is 49.4 Å². The van der Waals surface area contributed by atoms with Crippen molar-refractivity contribution in [2.24, 2.45) is 5.92 Å².